The van der Waals surface area contributed by atoms with Gasteiger partial charge in [0.1, 0.15) is 9.99 Å². The molecule has 9 heavy (non-hydrogen) atoms. The third-order valence-electron chi connectivity index (χ3n) is 1.25. The molecule has 0 heterocycles. The fourth-order valence-electron chi connectivity index (χ4n) is 0.370. The Hall–Kier alpha value is -0.0600. The average Bonchev–Trinajstić information content (AvgIpc) is 1.86. The zero-order valence-corrected chi connectivity index (χ0v) is 6.79. The standard InChI is InChI=1S/C5H13NO2S/c1-4-5(2)9(7,8)6-3/h4H2,1-3H3,(H2,6,7,8). The minimum absolute atomic E-state index is 0.588. The highest BCUT2D eigenvalue weighted by Crippen LogP contribution is 1.88. The molecule has 0 bridgehead atoms. The largest absolute Gasteiger partial charge is 0.302 e. The van der Waals surface area contributed by atoms with Gasteiger partial charge in [0.2, 0.25) is 0 Å². The summed E-state index contributed by atoms with van der Waals surface area (Å²) in [6.45, 7) is 3.52. The second-order valence-electron chi connectivity index (χ2n) is 1.79. The van der Waals surface area contributed by atoms with Crippen molar-refractivity contribution in [3.8, 4) is 0 Å². The van der Waals surface area contributed by atoms with Crippen LogP contribution in [-0.2, 0) is 9.99 Å². The van der Waals surface area contributed by atoms with Crippen molar-refractivity contribution < 1.29 is 8.76 Å². The summed E-state index contributed by atoms with van der Waals surface area (Å²) in [4.78, 5) is 0.588. The van der Waals surface area contributed by atoms with Crippen LogP contribution in [0.1, 0.15) is 20.3 Å². The van der Waals surface area contributed by atoms with Crippen molar-refractivity contribution in [2.24, 2.45) is 0 Å². The highest BCUT2D eigenvalue weighted by molar-refractivity contribution is 7.95. The molecule has 0 rings (SSSR count). The van der Waals surface area contributed by atoms with Crippen LogP contribution in [0.25, 0.3) is 0 Å². The van der Waals surface area contributed by atoms with Gasteiger partial charge in [-0.25, -0.2) is 8.93 Å². The lowest BCUT2D eigenvalue weighted by molar-refractivity contribution is 0.549. The van der Waals surface area contributed by atoms with Crippen LogP contribution < -0.4 is 4.72 Å². The Labute approximate surface area is 56.4 Å². The molecule has 4 heteroatoms. The van der Waals surface area contributed by atoms with Crippen molar-refractivity contribution in [3.05, 3.63) is 0 Å². The number of nitrogens with one attached hydrogen (secondary N) is 1. The molecule has 56 valence electrons. The van der Waals surface area contributed by atoms with Crippen LogP contribution >= 0.6 is 0 Å². The predicted octanol–water partition coefficient (Wildman–Crippen LogP) is 0.480. The first-order chi connectivity index (χ1) is 4.04. The molecule has 0 saturated carbocycles. The van der Waals surface area contributed by atoms with Gasteiger partial charge in [-0.3, -0.25) is 0 Å². The molecule has 0 aromatic rings. The van der Waals surface area contributed by atoms with Gasteiger partial charge in [-0.05, 0) is 20.4 Å². The second-order valence-corrected chi connectivity index (χ2v) is 3.94. The van der Waals surface area contributed by atoms with Crippen molar-refractivity contribution >= 4 is 14.9 Å². The lowest BCUT2D eigenvalue weighted by atomic mass is 10.4. The van der Waals surface area contributed by atoms with Gasteiger partial charge in [0.25, 0.3) is 0 Å². The monoisotopic (exact) mass is 151 g/mol. The van der Waals surface area contributed by atoms with E-state index in [4.69, 9.17) is 4.55 Å². The van der Waals surface area contributed by atoms with E-state index in [1.54, 1.807) is 6.92 Å². The van der Waals surface area contributed by atoms with Gasteiger partial charge in [-0.1, -0.05) is 6.92 Å². The minimum Gasteiger partial charge on any atom is -0.302 e. The summed E-state index contributed by atoms with van der Waals surface area (Å²) in [6.07, 6.45) is 0.635. The Morgan fingerprint density at radius 1 is 1.78 bits per heavy atom. The van der Waals surface area contributed by atoms with E-state index in [1.807, 2.05) is 6.92 Å². The Morgan fingerprint density at radius 2 is 2.22 bits per heavy atom. The summed E-state index contributed by atoms with van der Waals surface area (Å²) in [5, 5.41) is 0. The lowest BCUT2D eigenvalue weighted by Crippen LogP contribution is -2.23. The van der Waals surface area contributed by atoms with Gasteiger partial charge in [0, 0.05) is 4.86 Å². The Bertz CT molecular complexity index is 191. The quantitative estimate of drug-likeness (QED) is 0.564. The van der Waals surface area contributed by atoms with Crippen LogP contribution in [0.2, 0.25) is 0 Å². The molecule has 3 nitrogen and oxygen atoms in total. The molecule has 0 aromatic heterocycles. The second kappa shape index (κ2) is 3.20. The molecule has 1 atom stereocenters. The van der Waals surface area contributed by atoms with E-state index in [2.05, 4.69) is 4.72 Å². The zero-order valence-electron chi connectivity index (χ0n) is 5.97. The van der Waals surface area contributed by atoms with E-state index >= 15 is 0 Å². The average molecular weight is 151 g/mol. The first-order valence-electron chi connectivity index (χ1n) is 2.82. The maximum atomic E-state index is 10.9. The lowest BCUT2D eigenvalue weighted by Gasteiger charge is -2.03. The zero-order chi connectivity index (χ0) is 7.49. The van der Waals surface area contributed by atoms with E-state index < -0.39 is 9.99 Å². The SMILES string of the molecule is CCC(C)=S(=O)(O)NC. The van der Waals surface area contributed by atoms with Gasteiger partial charge in [-0.15, -0.1) is 0 Å². The molecule has 0 aliphatic carbocycles. The molecule has 0 fully saturated rings. The van der Waals surface area contributed by atoms with Gasteiger partial charge in [-0.2, -0.15) is 0 Å². The Morgan fingerprint density at radius 3 is 2.33 bits per heavy atom. The van der Waals surface area contributed by atoms with Crippen LogP contribution in [0.15, 0.2) is 0 Å². The predicted molar refractivity (Wildman–Crippen MR) is 40.8 cm³/mol. The summed E-state index contributed by atoms with van der Waals surface area (Å²) in [5.74, 6) is 0. The molecule has 1 unspecified atom stereocenters. The molecule has 0 amide bonds. The number of hydrogen-bond donors (Lipinski definition) is 2. The Balaban J connectivity index is 4.64. The highest BCUT2D eigenvalue weighted by Gasteiger charge is 2.00. The summed E-state index contributed by atoms with van der Waals surface area (Å²) in [7, 11) is -1.36. The van der Waals surface area contributed by atoms with Crippen molar-refractivity contribution in [1.82, 2.24) is 4.72 Å². The molecule has 0 aliphatic heterocycles. The van der Waals surface area contributed by atoms with Crippen LogP contribution in [0.3, 0.4) is 0 Å². The van der Waals surface area contributed by atoms with E-state index in [0.717, 1.165) is 0 Å². The summed E-state index contributed by atoms with van der Waals surface area (Å²) in [5.41, 5.74) is 0. The van der Waals surface area contributed by atoms with Crippen LogP contribution in [0, 0.1) is 0 Å². The third kappa shape index (κ3) is 2.34. The fraction of sp³-hybridized carbons (Fsp3) is 0.800. The maximum Gasteiger partial charge on any atom is 0.143 e. The first kappa shape index (κ1) is 8.94. The summed E-state index contributed by atoms with van der Waals surface area (Å²) in [6, 6.07) is 0. The molecule has 0 aliphatic rings. The van der Waals surface area contributed by atoms with E-state index in [1.165, 1.54) is 7.05 Å². The first-order valence-corrected chi connectivity index (χ1v) is 4.33. The molecule has 0 spiro atoms. The summed E-state index contributed by atoms with van der Waals surface area (Å²) >= 11 is 0. The molecule has 0 radical (unpaired) electrons. The maximum absolute atomic E-state index is 10.9. The summed E-state index contributed by atoms with van der Waals surface area (Å²) < 4.78 is 22.2. The molecule has 0 aromatic carbocycles. The van der Waals surface area contributed by atoms with Crippen molar-refractivity contribution in [2.75, 3.05) is 7.05 Å². The highest BCUT2D eigenvalue weighted by atomic mass is 32.2. The number of rotatable bonds is 2. The molecule has 0 saturated heterocycles. The van der Waals surface area contributed by atoms with Crippen LogP contribution in [-0.4, -0.2) is 20.7 Å². The van der Waals surface area contributed by atoms with Crippen molar-refractivity contribution in [3.63, 3.8) is 0 Å². The minimum atomic E-state index is -2.83. The van der Waals surface area contributed by atoms with Gasteiger partial charge >= 0.3 is 0 Å². The van der Waals surface area contributed by atoms with Gasteiger partial charge in [0.05, 0.1) is 0 Å². The van der Waals surface area contributed by atoms with E-state index in [-0.39, 0.29) is 0 Å². The van der Waals surface area contributed by atoms with Crippen molar-refractivity contribution in [2.45, 2.75) is 20.3 Å². The normalized spacial score (nSPS) is 16.9. The third-order valence-corrected chi connectivity index (χ3v) is 3.03. The molecular weight excluding hydrogens is 138 g/mol. The van der Waals surface area contributed by atoms with Crippen molar-refractivity contribution in [1.29, 1.82) is 0 Å². The molecule has 2 N–H and O–H groups in total. The number of hydrogen-bond acceptors (Lipinski definition) is 1. The van der Waals surface area contributed by atoms with Crippen LogP contribution in [0.5, 0.6) is 0 Å². The smallest absolute Gasteiger partial charge is 0.143 e. The Kier molecular flexibility index (Phi) is 3.17. The van der Waals surface area contributed by atoms with Crippen LogP contribution in [0.4, 0.5) is 0 Å². The van der Waals surface area contributed by atoms with E-state index in [9.17, 15) is 4.21 Å². The van der Waals surface area contributed by atoms with Gasteiger partial charge < -0.3 is 4.55 Å². The topological polar surface area (TPSA) is 49.3 Å². The fourth-order valence-corrected chi connectivity index (χ4v) is 1.11. The van der Waals surface area contributed by atoms with E-state index in [0.29, 0.717) is 11.3 Å². The molecular formula is C5H13NO2S. The van der Waals surface area contributed by atoms with Gasteiger partial charge in [0.15, 0.2) is 0 Å².